The van der Waals surface area contributed by atoms with Crippen molar-refractivity contribution in [3.05, 3.63) is 65.0 Å². The summed E-state index contributed by atoms with van der Waals surface area (Å²) in [6, 6.07) is 10.7. The fraction of sp³-hybridized carbons (Fsp3) is 0.429. The molecular weight excluding hydrogens is 491 g/mol. The minimum absolute atomic E-state index is 0.0405. The topological polar surface area (TPSA) is 108 Å². The zero-order valence-corrected chi connectivity index (χ0v) is 21.0. The predicted molar refractivity (Wildman–Crippen MR) is 134 cm³/mol. The minimum Gasteiger partial charge on any atom is -0.427 e. The van der Waals surface area contributed by atoms with Crippen LogP contribution in [0.1, 0.15) is 54.8 Å². The molecule has 1 saturated carbocycles. The molecule has 3 atom stereocenters. The average Bonchev–Trinajstić information content (AvgIpc) is 3.49. The number of urea groups is 1. The Morgan fingerprint density at radius 2 is 1.84 bits per heavy atom. The van der Waals surface area contributed by atoms with Crippen LogP contribution in [0, 0.1) is 11.7 Å². The van der Waals surface area contributed by atoms with Crippen LogP contribution in [0.3, 0.4) is 0 Å². The minimum atomic E-state index is -1.46. The van der Waals surface area contributed by atoms with Gasteiger partial charge in [0.25, 0.3) is 5.91 Å². The second kappa shape index (κ2) is 9.11. The molecule has 0 unspecified atom stereocenters. The van der Waals surface area contributed by atoms with Crippen LogP contribution in [0.4, 0.5) is 19.7 Å². The van der Waals surface area contributed by atoms with Gasteiger partial charge in [0.05, 0.1) is 6.04 Å². The van der Waals surface area contributed by atoms with Crippen molar-refractivity contribution in [2.24, 2.45) is 5.92 Å². The highest BCUT2D eigenvalue weighted by Crippen LogP contribution is 2.48. The summed E-state index contributed by atoms with van der Waals surface area (Å²) < 4.78 is 19.3. The molecule has 198 valence electrons. The van der Waals surface area contributed by atoms with Gasteiger partial charge in [0.15, 0.2) is 0 Å². The van der Waals surface area contributed by atoms with E-state index in [2.05, 4.69) is 10.6 Å². The number of likely N-dealkylation sites (tertiary alicyclic amines) is 1. The molecule has 2 aromatic rings. The second-order valence-electron chi connectivity index (χ2n) is 10.5. The summed E-state index contributed by atoms with van der Waals surface area (Å²) in [6.07, 6.45) is 3.61. The average molecular weight is 521 g/mol. The molecule has 2 saturated heterocycles. The van der Waals surface area contributed by atoms with E-state index in [1.807, 2.05) is 4.90 Å². The standard InChI is InChI=1S/C28H29FN4O5/c1-30-26(36)31-20-8-9-21-18(14-20)12-13-28(21)25(35)32(27(37)38-28)15-24(34)33-22(16-2-3-16)10-11-23(33)17-4-6-19(29)7-5-17/h4-9,14,16,22-23H,2-3,10-13,15H2,1H3,(H2,30,31,36)/t22-,23+,28-/m1/s1. The van der Waals surface area contributed by atoms with E-state index in [1.54, 1.807) is 30.3 Å². The van der Waals surface area contributed by atoms with Crippen LogP contribution in [0.25, 0.3) is 0 Å². The van der Waals surface area contributed by atoms with Gasteiger partial charge in [-0.25, -0.2) is 18.9 Å². The molecule has 2 aliphatic heterocycles. The number of imide groups is 1. The molecule has 0 radical (unpaired) electrons. The first-order valence-corrected chi connectivity index (χ1v) is 13.0. The van der Waals surface area contributed by atoms with E-state index in [0.29, 0.717) is 23.6 Å². The highest BCUT2D eigenvalue weighted by molar-refractivity contribution is 6.06. The number of anilines is 1. The van der Waals surface area contributed by atoms with E-state index in [4.69, 9.17) is 4.74 Å². The molecule has 9 nitrogen and oxygen atoms in total. The lowest BCUT2D eigenvalue weighted by Crippen LogP contribution is -2.47. The summed E-state index contributed by atoms with van der Waals surface area (Å²) in [7, 11) is 1.51. The molecule has 3 fully saturated rings. The predicted octanol–water partition coefficient (Wildman–Crippen LogP) is 3.84. The zero-order valence-electron chi connectivity index (χ0n) is 21.0. The number of nitrogens with one attached hydrogen (secondary N) is 2. The van der Waals surface area contributed by atoms with Gasteiger partial charge >= 0.3 is 12.1 Å². The van der Waals surface area contributed by atoms with Gasteiger partial charge in [-0.2, -0.15) is 0 Å². The number of hydrogen-bond donors (Lipinski definition) is 2. The van der Waals surface area contributed by atoms with Crippen LogP contribution in [0.15, 0.2) is 42.5 Å². The highest BCUT2D eigenvalue weighted by atomic mass is 19.1. The number of benzene rings is 2. The van der Waals surface area contributed by atoms with Gasteiger partial charge in [0.2, 0.25) is 11.5 Å². The fourth-order valence-electron chi connectivity index (χ4n) is 6.29. The maximum Gasteiger partial charge on any atom is 0.418 e. The third-order valence-corrected chi connectivity index (χ3v) is 8.28. The van der Waals surface area contributed by atoms with E-state index >= 15 is 0 Å². The number of carbonyl (C=O) groups is 4. The number of aryl methyl sites for hydroxylation is 1. The molecule has 4 aliphatic rings. The molecule has 10 heteroatoms. The first-order chi connectivity index (χ1) is 18.3. The summed E-state index contributed by atoms with van der Waals surface area (Å²) in [6.45, 7) is -0.397. The summed E-state index contributed by atoms with van der Waals surface area (Å²) in [5.74, 6) is -0.773. The largest absolute Gasteiger partial charge is 0.427 e. The maximum atomic E-state index is 13.7. The van der Waals surface area contributed by atoms with Gasteiger partial charge in [-0.1, -0.05) is 18.2 Å². The Hall–Kier alpha value is -3.95. The number of carbonyl (C=O) groups excluding carboxylic acids is 4. The molecule has 2 heterocycles. The Labute approximate surface area is 219 Å². The van der Waals surface area contributed by atoms with Crippen molar-refractivity contribution in [3.8, 4) is 0 Å². The van der Waals surface area contributed by atoms with Crippen molar-refractivity contribution in [1.29, 1.82) is 0 Å². The van der Waals surface area contributed by atoms with Crippen molar-refractivity contribution in [2.45, 2.75) is 56.2 Å². The molecule has 2 N–H and O–H groups in total. The van der Waals surface area contributed by atoms with Crippen molar-refractivity contribution in [1.82, 2.24) is 15.1 Å². The van der Waals surface area contributed by atoms with Gasteiger partial charge in [0, 0.05) is 30.8 Å². The number of halogens is 1. The lowest BCUT2D eigenvalue weighted by atomic mass is 9.94. The molecule has 2 aliphatic carbocycles. The van der Waals surface area contributed by atoms with Gasteiger partial charge in [0.1, 0.15) is 12.4 Å². The van der Waals surface area contributed by atoms with Gasteiger partial charge in [-0.05, 0) is 73.4 Å². The third kappa shape index (κ3) is 3.99. The quantitative estimate of drug-likeness (QED) is 0.623. The normalized spacial score (nSPS) is 26.1. The summed E-state index contributed by atoms with van der Waals surface area (Å²) in [5.41, 5.74) is 1.33. The summed E-state index contributed by atoms with van der Waals surface area (Å²) in [4.78, 5) is 54.8. The summed E-state index contributed by atoms with van der Waals surface area (Å²) in [5, 5.41) is 5.19. The van der Waals surface area contributed by atoms with E-state index < -0.39 is 24.1 Å². The maximum absolute atomic E-state index is 13.7. The highest BCUT2D eigenvalue weighted by Gasteiger charge is 2.59. The van der Waals surface area contributed by atoms with Crippen LogP contribution >= 0.6 is 0 Å². The Kier molecular flexibility index (Phi) is 5.85. The SMILES string of the molecule is CNC(=O)Nc1ccc2c(c1)CC[C@@]21OC(=O)N(CC(=O)N2[C@@H](C3CC3)CC[C@H]2c2ccc(F)cc2)C1=O. The first-order valence-electron chi connectivity index (χ1n) is 13.0. The van der Waals surface area contributed by atoms with E-state index in [9.17, 15) is 23.6 Å². The number of nitrogens with zero attached hydrogens (tertiary/aromatic N) is 2. The molecule has 1 spiro atoms. The van der Waals surface area contributed by atoms with Crippen molar-refractivity contribution in [3.63, 3.8) is 0 Å². The molecule has 0 bridgehead atoms. The molecule has 6 rings (SSSR count). The van der Waals surface area contributed by atoms with Crippen LogP contribution in [-0.4, -0.2) is 53.4 Å². The molecule has 38 heavy (non-hydrogen) atoms. The van der Waals surface area contributed by atoms with Crippen LogP contribution in [0.5, 0.6) is 0 Å². The van der Waals surface area contributed by atoms with Crippen LogP contribution < -0.4 is 10.6 Å². The van der Waals surface area contributed by atoms with Crippen molar-refractivity contribution >= 4 is 29.6 Å². The number of hydrogen-bond acceptors (Lipinski definition) is 5. The van der Waals surface area contributed by atoms with Crippen LogP contribution in [0.2, 0.25) is 0 Å². The molecule has 0 aromatic heterocycles. The Balaban J connectivity index is 1.23. The zero-order chi connectivity index (χ0) is 26.6. The third-order valence-electron chi connectivity index (χ3n) is 8.28. The van der Waals surface area contributed by atoms with Crippen LogP contribution in [-0.2, 0) is 26.3 Å². The first kappa shape index (κ1) is 24.4. The van der Waals surface area contributed by atoms with E-state index in [0.717, 1.165) is 41.7 Å². The van der Waals surface area contributed by atoms with Crippen molar-refractivity contribution in [2.75, 3.05) is 18.9 Å². The number of fused-ring (bicyclic) bond motifs is 2. The second-order valence-corrected chi connectivity index (χ2v) is 10.5. The molecule has 2 aromatic carbocycles. The van der Waals surface area contributed by atoms with Gasteiger partial charge < -0.3 is 20.3 Å². The number of ether oxygens (including phenoxy) is 1. The van der Waals surface area contributed by atoms with Crippen molar-refractivity contribution < 1.29 is 28.3 Å². The smallest absolute Gasteiger partial charge is 0.418 e. The Bertz CT molecular complexity index is 1330. The Morgan fingerprint density at radius 1 is 1.08 bits per heavy atom. The monoisotopic (exact) mass is 520 g/mol. The molecule has 5 amide bonds. The lowest BCUT2D eigenvalue weighted by molar-refractivity contribution is -0.143. The van der Waals surface area contributed by atoms with Gasteiger partial charge in [-0.15, -0.1) is 0 Å². The molecular formula is C28H29FN4O5. The lowest BCUT2D eigenvalue weighted by Gasteiger charge is -2.32. The summed E-state index contributed by atoms with van der Waals surface area (Å²) >= 11 is 0. The number of rotatable bonds is 5. The van der Waals surface area contributed by atoms with E-state index in [-0.39, 0.29) is 36.3 Å². The Morgan fingerprint density at radius 3 is 2.55 bits per heavy atom. The number of amides is 5. The van der Waals surface area contributed by atoms with E-state index in [1.165, 1.54) is 19.2 Å². The fourth-order valence-corrected chi connectivity index (χ4v) is 6.29. The van der Waals surface area contributed by atoms with Gasteiger partial charge in [-0.3, -0.25) is 9.59 Å².